The predicted molar refractivity (Wildman–Crippen MR) is 118 cm³/mol. The predicted octanol–water partition coefficient (Wildman–Crippen LogP) is 3.48. The molecule has 3 rings (SSSR count). The lowest BCUT2D eigenvalue weighted by atomic mass is 9.93. The summed E-state index contributed by atoms with van der Waals surface area (Å²) < 4.78 is 0. The van der Waals surface area contributed by atoms with Crippen LogP contribution in [-0.2, 0) is 11.3 Å². The first-order valence-corrected chi connectivity index (χ1v) is 10.1. The first-order valence-electron chi connectivity index (χ1n) is 10.1. The molecule has 3 N–H and O–H groups in total. The number of carbonyl (C=O) groups excluding carboxylic acids is 2. The highest BCUT2D eigenvalue weighted by Crippen LogP contribution is 2.24. The van der Waals surface area contributed by atoms with E-state index < -0.39 is 0 Å². The van der Waals surface area contributed by atoms with Crippen LogP contribution in [0, 0.1) is 0 Å². The molecule has 1 atom stereocenters. The summed E-state index contributed by atoms with van der Waals surface area (Å²) in [6.07, 6.45) is 2.35. The molecule has 1 fully saturated rings. The van der Waals surface area contributed by atoms with Crippen LogP contribution in [0.15, 0.2) is 54.6 Å². The molecule has 2 aromatic carbocycles. The van der Waals surface area contributed by atoms with Gasteiger partial charge in [0.25, 0.3) is 5.91 Å². The van der Waals surface area contributed by atoms with Crippen molar-refractivity contribution in [2.75, 3.05) is 13.1 Å². The number of amides is 2. The second kappa shape index (κ2) is 11.0. The fourth-order valence-corrected chi connectivity index (χ4v) is 3.76. The Bertz CT molecular complexity index is 788. The van der Waals surface area contributed by atoms with Crippen molar-refractivity contribution in [1.29, 1.82) is 0 Å². The summed E-state index contributed by atoms with van der Waals surface area (Å²) in [5.74, 6) is 0.0355. The summed E-state index contributed by atoms with van der Waals surface area (Å²) in [5, 5.41) is 3.10. The van der Waals surface area contributed by atoms with Crippen molar-refractivity contribution in [3.05, 3.63) is 71.3 Å². The van der Waals surface area contributed by atoms with Crippen LogP contribution in [0.2, 0.25) is 0 Å². The fourth-order valence-electron chi connectivity index (χ4n) is 3.76. The Hall–Kier alpha value is -2.37. The Kier molecular flexibility index (Phi) is 8.68. The average molecular weight is 416 g/mol. The van der Waals surface area contributed by atoms with Crippen molar-refractivity contribution < 1.29 is 9.59 Å². The van der Waals surface area contributed by atoms with Crippen LogP contribution in [0.25, 0.3) is 0 Å². The number of carbonyl (C=O) groups is 2. The zero-order valence-corrected chi connectivity index (χ0v) is 17.7. The Labute approximate surface area is 179 Å². The van der Waals surface area contributed by atoms with Gasteiger partial charge in [-0.25, -0.2) is 0 Å². The second-order valence-corrected chi connectivity index (χ2v) is 7.35. The van der Waals surface area contributed by atoms with Crippen LogP contribution in [0.1, 0.15) is 53.6 Å². The van der Waals surface area contributed by atoms with E-state index in [4.69, 9.17) is 5.73 Å². The zero-order chi connectivity index (χ0) is 19.9. The third-order valence-electron chi connectivity index (χ3n) is 5.50. The van der Waals surface area contributed by atoms with Crippen molar-refractivity contribution in [2.45, 2.75) is 44.7 Å². The highest BCUT2D eigenvalue weighted by molar-refractivity contribution is 5.94. The van der Waals surface area contributed by atoms with Crippen LogP contribution in [-0.4, -0.2) is 35.8 Å². The van der Waals surface area contributed by atoms with Gasteiger partial charge in [-0.1, -0.05) is 49.4 Å². The SMILES string of the molecule is CCC(C(=O)N1CCC(NC(=O)c2ccc(CN)cc2)CC1)c1ccccc1.Cl. The molecule has 1 aliphatic rings. The van der Waals surface area contributed by atoms with Crippen molar-refractivity contribution in [3.63, 3.8) is 0 Å². The lowest BCUT2D eigenvalue weighted by Crippen LogP contribution is -2.47. The number of hydrogen-bond donors (Lipinski definition) is 2. The minimum atomic E-state index is -0.0894. The quantitative estimate of drug-likeness (QED) is 0.758. The monoisotopic (exact) mass is 415 g/mol. The molecule has 0 spiro atoms. The average Bonchev–Trinajstić information content (AvgIpc) is 2.75. The number of nitrogens with zero attached hydrogens (tertiary/aromatic N) is 1. The molecule has 0 aromatic heterocycles. The van der Waals surface area contributed by atoms with Gasteiger partial charge in [-0.2, -0.15) is 0 Å². The Morgan fingerprint density at radius 1 is 1.07 bits per heavy atom. The van der Waals surface area contributed by atoms with Crippen molar-refractivity contribution >= 4 is 24.2 Å². The molecule has 0 bridgehead atoms. The minimum Gasteiger partial charge on any atom is -0.349 e. The molecule has 2 aromatic rings. The van der Waals surface area contributed by atoms with Gasteiger partial charge >= 0.3 is 0 Å². The molecule has 0 radical (unpaired) electrons. The molecule has 29 heavy (non-hydrogen) atoms. The van der Waals surface area contributed by atoms with E-state index in [0.717, 1.165) is 30.4 Å². The van der Waals surface area contributed by atoms with Gasteiger partial charge in [0.1, 0.15) is 0 Å². The Balaban J connectivity index is 0.00000300. The van der Waals surface area contributed by atoms with Gasteiger partial charge in [0.05, 0.1) is 5.92 Å². The van der Waals surface area contributed by atoms with Gasteiger partial charge in [0.2, 0.25) is 5.91 Å². The van der Waals surface area contributed by atoms with Gasteiger partial charge in [0.15, 0.2) is 0 Å². The number of halogens is 1. The normalized spacial score (nSPS) is 15.3. The third-order valence-corrected chi connectivity index (χ3v) is 5.50. The van der Waals surface area contributed by atoms with E-state index in [1.165, 1.54) is 0 Å². The summed E-state index contributed by atoms with van der Waals surface area (Å²) in [6, 6.07) is 17.4. The molecule has 0 aliphatic carbocycles. The molecular formula is C23H30ClN3O2. The molecule has 0 saturated carbocycles. The van der Waals surface area contributed by atoms with E-state index in [2.05, 4.69) is 12.2 Å². The first kappa shape index (κ1) is 22.9. The number of benzene rings is 2. The molecule has 6 heteroatoms. The fraction of sp³-hybridized carbons (Fsp3) is 0.391. The number of nitrogens with one attached hydrogen (secondary N) is 1. The summed E-state index contributed by atoms with van der Waals surface area (Å²) in [4.78, 5) is 27.4. The van der Waals surface area contributed by atoms with E-state index in [1.54, 1.807) is 0 Å². The lowest BCUT2D eigenvalue weighted by molar-refractivity contribution is -0.134. The second-order valence-electron chi connectivity index (χ2n) is 7.35. The maximum absolute atomic E-state index is 13.0. The topological polar surface area (TPSA) is 75.4 Å². The van der Waals surface area contributed by atoms with Crippen LogP contribution >= 0.6 is 12.4 Å². The smallest absolute Gasteiger partial charge is 0.251 e. The van der Waals surface area contributed by atoms with Crippen LogP contribution in [0.4, 0.5) is 0 Å². The van der Waals surface area contributed by atoms with Gasteiger partial charge in [-0.15, -0.1) is 12.4 Å². The van der Waals surface area contributed by atoms with Crippen LogP contribution in [0.3, 0.4) is 0 Å². The van der Waals surface area contributed by atoms with Gasteiger partial charge in [-0.05, 0) is 42.5 Å². The van der Waals surface area contributed by atoms with Gasteiger partial charge < -0.3 is 16.0 Å². The summed E-state index contributed by atoms with van der Waals surface area (Å²) in [5.41, 5.74) is 8.32. The standard InChI is InChI=1S/C23H29N3O2.ClH/c1-2-21(18-6-4-3-5-7-18)23(28)26-14-12-20(13-15-26)25-22(27)19-10-8-17(16-24)9-11-19;/h3-11,20-21H,2,12-16,24H2,1H3,(H,25,27);1H. The number of piperidine rings is 1. The number of likely N-dealkylation sites (tertiary alicyclic amines) is 1. The van der Waals surface area contributed by atoms with Gasteiger partial charge in [0, 0.05) is 31.2 Å². The number of rotatable bonds is 6. The highest BCUT2D eigenvalue weighted by Gasteiger charge is 2.28. The molecule has 1 unspecified atom stereocenters. The summed E-state index contributed by atoms with van der Waals surface area (Å²) in [7, 11) is 0. The van der Waals surface area contributed by atoms with Gasteiger partial charge in [-0.3, -0.25) is 9.59 Å². The third kappa shape index (κ3) is 5.81. The highest BCUT2D eigenvalue weighted by atomic mass is 35.5. The van der Waals surface area contributed by atoms with E-state index in [0.29, 0.717) is 25.2 Å². The Morgan fingerprint density at radius 3 is 2.24 bits per heavy atom. The minimum absolute atomic E-state index is 0. The van der Waals surface area contributed by atoms with Crippen molar-refractivity contribution in [1.82, 2.24) is 10.2 Å². The maximum Gasteiger partial charge on any atom is 0.251 e. The molecule has 5 nitrogen and oxygen atoms in total. The molecule has 1 saturated heterocycles. The summed E-state index contributed by atoms with van der Waals surface area (Å²) >= 11 is 0. The van der Waals surface area contributed by atoms with Crippen molar-refractivity contribution in [2.24, 2.45) is 5.73 Å². The molecule has 156 valence electrons. The van der Waals surface area contributed by atoms with E-state index in [-0.39, 0.29) is 36.2 Å². The molecular weight excluding hydrogens is 386 g/mol. The summed E-state index contributed by atoms with van der Waals surface area (Å²) in [6.45, 7) is 3.88. The number of hydrogen-bond acceptors (Lipinski definition) is 3. The largest absolute Gasteiger partial charge is 0.349 e. The molecule has 2 amide bonds. The Morgan fingerprint density at radius 2 is 1.69 bits per heavy atom. The van der Waals surface area contributed by atoms with E-state index in [1.807, 2.05) is 59.5 Å². The van der Waals surface area contributed by atoms with Crippen LogP contribution < -0.4 is 11.1 Å². The maximum atomic E-state index is 13.0. The van der Waals surface area contributed by atoms with Crippen LogP contribution in [0.5, 0.6) is 0 Å². The van der Waals surface area contributed by atoms with Crippen molar-refractivity contribution in [3.8, 4) is 0 Å². The van der Waals surface area contributed by atoms with E-state index in [9.17, 15) is 9.59 Å². The lowest BCUT2D eigenvalue weighted by Gasteiger charge is -2.34. The molecule has 1 aliphatic heterocycles. The number of nitrogens with two attached hydrogens (primary N) is 1. The molecule has 1 heterocycles. The first-order chi connectivity index (χ1) is 13.6. The zero-order valence-electron chi connectivity index (χ0n) is 16.8. The van der Waals surface area contributed by atoms with E-state index >= 15 is 0 Å².